The molecule has 1 aliphatic rings. The number of nitrogens with two attached hydrogens (primary N) is 3. The Morgan fingerprint density at radius 1 is 1.23 bits per heavy atom. The van der Waals surface area contributed by atoms with Crippen LogP contribution in [0.4, 0.5) is 0 Å². The van der Waals surface area contributed by atoms with Crippen molar-refractivity contribution in [2.75, 3.05) is 19.8 Å². The quantitative estimate of drug-likeness (QED) is 0.139. The highest BCUT2D eigenvalue weighted by Crippen LogP contribution is 2.23. The molecule has 1 fully saturated rings. The number of aliphatic carboxylic acids is 1. The zero-order valence-electron chi connectivity index (χ0n) is 17.1. The molecule has 0 aromatic carbocycles. The van der Waals surface area contributed by atoms with Crippen LogP contribution in [0.3, 0.4) is 0 Å². The SMILES string of the molecule is CC(CN(C(=O)[C@@H](N)CO)[C@H](CCC(=O)O)C(N)=O)O[C@@H]1[C@@H](N)[C@@H](O)O[C@H](CO)[C@H]1O. The van der Waals surface area contributed by atoms with Gasteiger partial charge in [0.2, 0.25) is 11.8 Å². The Balaban J connectivity index is 3.04. The third kappa shape index (κ3) is 7.33. The molecule has 0 spiro atoms. The summed E-state index contributed by atoms with van der Waals surface area (Å²) in [5, 5.41) is 47.6. The molecule has 0 radical (unpaired) electrons. The van der Waals surface area contributed by atoms with E-state index in [9.17, 15) is 34.8 Å². The second-order valence-corrected chi connectivity index (χ2v) is 7.36. The number of rotatable bonds is 12. The van der Waals surface area contributed by atoms with Gasteiger partial charge in [-0.1, -0.05) is 0 Å². The largest absolute Gasteiger partial charge is 0.481 e. The molecule has 1 aliphatic heterocycles. The average molecular weight is 452 g/mol. The lowest BCUT2D eigenvalue weighted by Crippen LogP contribution is -2.64. The predicted molar refractivity (Wildman–Crippen MR) is 103 cm³/mol. The van der Waals surface area contributed by atoms with E-state index in [0.717, 1.165) is 4.90 Å². The molecule has 2 amide bonds. The van der Waals surface area contributed by atoms with Gasteiger partial charge >= 0.3 is 5.97 Å². The van der Waals surface area contributed by atoms with Gasteiger partial charge in [-0.3, -0.25) is 14.4 Å². The van der Waals surface area contributed by atoms with E-state index in [2.05, 4.69) is 0 Å². The number of aliphatic hydroxyl groups excluding tert-OH is 4. The van der Waals surface area contributed by atoms with Gasteiger partial charge in [0.25, 0.3) is 0 Å². The van der Waals surface area contributed by atoms with Gasteiger partial charge < -0.3 is 57.1 Å². The number of ether oxygens (including phenoxy) is 2. The summed E-state index contributed by atoms with van der Waals surface area (Å²) >= 11 is 0. The van der Waals surface area contributed by atoms with Crippen molar-refractivity contribution >= 4 is 17.8 Å². The molecule has 0 bridgehead atoms. The lowest BCUT2D eigenvalue weighted by molar-refractivity contribution is -0.263. The molecule has 11 N–H and O–H groups in total. The van der Waals surface area contributed by atoms with E-state index in [-0.39, 0.29) is 13.0 Å². The Labute approximate surface area is 178 Å². The summed E-state index contributed by atoms with van der Waals surface area (Å²) in [6.07, 6.45) is -6.99. The summed E-state index contributed by atoms with van der Waals surface area (Å²) in [6.45, 7) is -0.206. The van der Waals surface area contributed by atoms with Crippen molar-refractivity contribution in [2.24, 2.45) is 17.2 Å². The first-order chi connectivity index (χ1) is 14.4. The van der Waals surface area contributed by atoms with E-state index in [4.69, 9.17) is 31.8 Å². The van der Waals surface area contributed by atoms with Crippen LogP contribution in [-0.4, -0.2) is 117 Å². The molecule has 180 valence electrons. The topological polar surface area (TPSA) is 252 Å². The Kier molecular flexibility index (Phi) is 10.7. The highest BCUT2D eigenvalue weighted by molar-refractivity contribution is 5.89. The minimum atomic E-state index is -1.53. The normalized spacial score (nSPS) is 29.1. The van der Waals surface area contributed by atoms with Gasteiger partial charge in [0, 0.05) is 13.0 Å². The summed E-state index contributed by atoms with van der Waals surface area (Å²) in [7, 11) is 0. The molecule has 0 aromatic rings. The Morgan fingerprint density at radius 3 is 2.32 bits per heavy atom. The van der Waals surface area contributed by atoms with E-state index >= 15 is 0 Å². The Bertz CT molecular complexity index is 624. The fourth-order valence-electron chi connectivity index (χ4n) is 3.24. The molecule has 0 aromatic heterocycles. The van der Waals surface area contributed by atoms with Crippen molar-refractivity contribution in [1.29, 1.82) is 0 Å². The number of aliphatic hydroxyl groups is 4. The first kappa shape index (κ1) is 27.1. The number of carboxylic acids is 1. The molecule has 1 saturated heterocycles. The highest BCUT2D eigenvalue weighted by atomic mass is 16.6. The molecule has 0 aliphatic carbocycles. The van der Waals surface area contributed by atoms with Crippen LogP contribution < -0.4 is 17.2 Å². The van der Waals surface area contributed by atoms with Crippen LogP contribution in [0.1, 0.15) is 19.8 Å². The number of carboxylic acid groups (broad SMARTS) is 1. The van der Waals surface area contributed by atoms with Crippen LogP contribution in [0.15, 0.2) is 0 Å². The lowest BCUT2D eigenvalue weighted by Gasteiger charge is -2.42. The van der Waals surface area contributed by atoms with Crippen molar-refractivity contribution in [3.05, 3.63) is 0 Å². The molecule has 14 nitrogen and oxygen atoms in total. The number of primary amides is 1. The lowest BCUT2D eigenvalue weighted by atomic mass is 9.97. The van der Waals surface area contributed by atoms with Gasteiger partial charge in [0.1, 0.15) is 30.4 Å². The smallest absolute Gasteiger partial charge is 0.303 e. The van der Waals surface area contributed by atoms with Crippen molar-refractivity contribution in [3.63, 3.8) is 0 Å². The molecule has 0 saturated carbocycles. The van der Waals surface area contributed by atoms with Gasteiger partial charge in [-0.25, -0.2) is 0 Å². The first-order valence-corrected chi connectivity index (χ1v) is 9.66. The standard InChI is InChI=1S/C17H32N4O10/c1-7(30-14-12(19)17(29)31-10(6-23)13(14)26)4-21(16(28)8(18)5-22)9(15(20)27)2-3-11(24)25/h7-10,12-14,17,22-23,26,29H,2-6,18-19H2,1H3,(H2,20,27)(H,24,25)/t7?,8-,9+,10+,12+,13+,14+,17-/m0/s1. The maximum atomic E-state index is 12.6. The third-order valence-corrected chi connectivity index (χ3v) is 4.90. The fraction of sp³-hybridized carbons (Fsp3) is 0.824. The molecule has 1 heterocycles. The van der Waals surface area contributed by atoms with Crippen molar-refractivity contribution in [1.82, 2.24) is 4.90 Å². The number of carbonyl (C=O) groups is 3. The first-order valence-electron chi connectivity index (χ1n) is 9.66. The van der Waals surface area contributed by atoms with Crippen molar-refractivity contribution in [3.8, 4) is 0 Å². The van der Waals surface area contributed by atoms with Crippen LogP contribution in [0.25, 0.3) is 0 Å². The molecular formula is C17H32N4O10. The molecule has 1 rings (SSSR count). The number of hydrogen-bond acceptors (Lipinski definition) is 11. The van der Waals surface area contributed by atoms with Crippen LogP contribution in [0.2, 0.25) is 0 Å². The molecule has 8 atom stereocenters. The van der Waals surface area contributed by atoms with E-state index in [1.165, 1.54) is 6.92 Å². The summed E-state index contributed by atoms with van der Waals surface area (Å²) < 4.78 is 10.7. The molecule has 1 unspecified atom stereocenters. The number of carbonyl (C=O) groups excluding carboxylic acids is 2. The maximum Gasteiger partial charge on any atom is 0.303 e. The van der Waals surface area contributed by atoms with Crippen LogP contribution in [0, 0.1) is 0 Å². The van der Waals surface area contributed by atoms with Gasteiger partial charge in [0.15, 0.2) is 6.29 Å². The van der Waals surface area contributed by atoms with Gasteiger partial charge in [-0.15, -0.1) is 0 Å². The maximum absolute atomic E-state index is 12.6. The minimum absolute atomic E-state index is 0.300. The molecular weight excluding hydrogens is 420 g/mol. The Morgan fingerprint density at radius 2 is 1.84 bits per heavy atom. The van der Waals surface area contributed by atoms with E-state index in [1.54, 1.807) is 0 Å². The zero-order valence-corrected chi connectivity index (χ0v) is 17.1. The van der Waals surface area contributed by atoms with Crippen LogP contribution in [0.5, 0.6) is 0 Å². The second kappa shape index (κ2) is 12.2. The molecule has 31 heavy (non-hydrogen) atoms. The van der Waals surface area contributed by atoms with Crippen molar-refractivity contribution in [2.45, 2.75) is 68.6 Å². The third-order valence-electron chi connectivity index (χ3n) is 4.90. The van der Waals surface area contributed by atoms with Crippen molar-refractivity contribution < 1.29 is 49.4 Å². The van der Waals surface area contributed by atoms with Gasteiger partial charge in [-0.05, 0) is 13.3 Å². The number of nitrogens with zero attached hydrogens (tertiary/aromatic N) is 1. The molecule has 14 heteroatoms. The number of amides is 2. The summed E-state index contributed by atoms with van der Waals surface area (Å²) in [5.74, 6) is -3.06. The van der Waals surface area contributed by atoms with E-state index in [1.807, 2.05) is 0 Å². The van der Waals surface area contributed by atoms with E-state index in [0.29, 0.717) is 0 Å². The van der Waals surface area contributed by atoms with Crippen LogP contribution in [-0.2, 0) is 23.9 Å². The van der Waals surface area contributed by atoms with Gasteiger partial charge in [-0.2, -0.15) is 0 Å². The summed E-state index contributed by atoms with van der Waals surface area (Å²) in [5.41, 5.74) is 16.7. The van der Waals surface area contributed by atoms with Crippen LogP contribution >= 0.6 is 0 Å². The average Bonchev–Trinajstić information content (AvgIpc) is 2.71. The summed E-state index contributed by atoms with van der Waals surface area (Å²) in [4.78, 5) is 36.4. The zero-order chi connectivity index (χ0) is 23.9. The second-order valence-electron chi connectivity index (χ2n) is 7.36. The number of hydrogen-bond donors (Lipinski definition) is 8. The minimum Gasteiger partial charge on any atom is -0.481 e. The summed E-state index contributed by atoms with van der Waals surface area (Å²) in [6, 6.07) is -3.94. The van der Waals surface area contributed by atoms with Gasteiger partial charge in [0.05, 0.1) is 25.4 Å². The predicted octanol–water partition coefficient (Wildman–Crippen LogP) is -4.98. The fourth-order valence-corrected chi connectivity index (χ4v) is 3.24. The highest BCUT2D eigenvalue weighted by Gasteiger charge is 2.44. The van der Waals surface area contributed by atoms with E-state index < -0.39 is 86.2 Å². The Hall–Kier alpha value is -1.91. The monoisotopic (exact) mass is 452 g/mol.